The SMILES string of the molecule is COc1cccc(C(=O)N(CC(=O)N2CCN(c3ccc(-c4ccccc4Cl)nn3)CC2)Cc2ccccc2)c1. The van der Waals surface area contributed by atoms with E-state index in [4.69, 9.17) is 16.3 Å². The van der Waals surface area contributed by atoms with Crippen molar-refractivity contribution >= 4 is 29.2 Å². The lowest BCUT2D eigenvalue weighted by Crippen LogP contribution is -2.52. The summed E-state index contributed by atoms with van der Waals surface area (Å²) >= 11 is 6.30. The van der Waals surface area contributed by atoms with Crippen molar-refractivity contribution in [3.05, 3.63) is 107 Å². The Hall–Kier alpha value is -4.43. The van der Waals surface area contributed by atoms with Gasteiger partial charge in [0.1, 0.15) is 12.3 Å². The van der Waals surface area contributed by atoms with Gasteiger partial charge in [0.25, 0.3) is 5.91 Å². The van der Waals surface area contributed by atoms with Crippen molar-refractivity contribution in [3.63, 3.8) is 0 Å². The van der Waals surface area contributed by atoms with E-state index >= 15 is 0 Å². The number of methoxy groups -OCH3 is 1. The Balaban J connectivity index is 1.23. The molecule has 40 heavy (non-hydrogen) atoms. The van der Waals surface area contributed by atoms with Crippen LogP contribution in [0.4, 0.5) is 5.82 Å². The van der Waals surface area contributed by atoms with Crippen molar-refractivity contribution in [2.45, 2.75) is 6.54 Å². The number of hydrogen-bond donors (Lipinski definition) is 0. The summed E-state index contributed by atoms with van der Waals surface area (Å²) in [7, 11) is 1.56. The summed E-state index contributed by atoms with van der Waals surface area (Å²) in [5.74, 6) is 1.04. The van der Waals surface area contributed by atoms with Crippen molar-refractivity contribution < 1.29 is 14.3 Å². The van der Waals surface area contributed by atoms with Crippen LogP contribution in [-0.4, -0.2) is 71.6 Å². The van der Waals surface area contributed by atoms with Crippen LogP contribution in [0.15, 0.2) is 91.0 Å². The summed E-state index contributed by atoms with van der Waals surface area (Å²) in [6, 6.07) is 28.1. The van der Waals surface area contributed by atoms with E-state index in [1.807, 2.05) is 66.7 Å². The molecular formula is C31H30ClN5O3. The van der Waals surface area contributed by atoms with Crippen LogP contribution in [0, 0.1) is 0 Å². The van der Waals surface area contributed by atoms with Crippen LogP contribution >= 0.6 is 11.6 Å². The molecule has 0 saturated carbocycles. The van der Waals surface area contributed by atoms with Gasteiger partial charge in [-0.1, -0.05) is 66.2 Å². The second-order valence-corrected chi connectivity index (χ2v) is 9.91. The number of ether oxygens (including phenoxy) is 1. The molecule has 0 aliphatic carbocycles. The molecule has 0 bridgehead atoms. The van der Waals surface area contributed by atoms with Gasteiger partial charge < -0.3 is 19.4 Å². The summed E-state index contributed by atoms with van der Waals surface area (Å²) in [6.45, 7) is 2.61. The average molecular weight is 556 g/mol. The van der Waals surface area contributed by atoms with Crippen LogP contribution in [0.2, 0.25) is 5.02 Å². The first kappa shape index (κ1) is 27.1. The van der Waals surface area contributed by atoms with E-state index < -0.39 is 0 Å². The highest BCUT2D eigenvalue weighted by atomic mass is 35.5. The van der Waals surface area contributed by atoms with E-state index in [1.165, 1.54) is 0 Å². The Morgan fingerprint density at radius 1 is 0.875 bits per heavy atom. The average Bonchev–Trinajstić information content (AvgIpc) is 3.01. The summed E-state index contributed by atoms with van der Waals surface area (Å²) in [6.07, 6.45) is 0. The fourth-order valence-corrected chi connectivity index (χ4v) is 4.93. The van der Waals surface area contributed by atoms with E-state index in [9.17, 15) is 9.59 Å². The molecule has 1 aromatic heterocycles. The van der Waals surface area contributed by atoms with E-state index in [-0.39, 0.29) is 18.4 Å². The lowest BCUT2D eigenvalue weighted by Gasteiger charge is -2.36. The third-order valence-electron chi connectivity index (χ3n) is 6.90. The number of carbonyl (C=O) groups is 2. The predicted molar refractivity (Wildman–Crippen MR) is 155 cm³/mol. The third-order valence-corrected chi connectivity index (χ3v) is 7.23. The topological polar surface area (TPSA) is 78.9 Å². The van der Waals surface area contributed by atoms with Crippen LogP contribution in [0.25, 0.3) is 11.3 Å². The Morgan fingerprint density at radius 2 is 1.62 bits per heavy atom. The minimum absolute atomic E-state index is 0.0166. The van der Waals surface area contributed by atoms with E-state index in [0.29, 0.717) is 54.8 Å². The number of benzene rings is 3. The highest BCUT2D eigenvalue weighted by Crippen LogP contribution is 2.26. The number of amides is 2. The number of rotatable bonds is 8. The molecule has 8 nitrogen and oxygen atoms in total. The monoisotopic (exact) mass is 555 g/mol. The maximum absolute atomic E-state index is 13.5. The van der Waals surface area contributed by atoms with Gasteiger partial charge in [-0.05, 0) is 42.0 Å². The molecule has 1 fully saturated rings. The van der Waals surface area contributed by atoms with Gasteiger partial charge >= 0.3 is 0 Å². The first-order chi connectivity index (χ1) is 19.5. The second kappa shape index (κ2) is 12.6. The quantitative estimate of drug-likeness (QED) is 0.311. The fraction of sp³-hybridized carbons (Fsp3) is 0.226. The minimum atomic E-state index is -0.219. The van der Waals surface area contributed by atoms with Gasteiger partial charge in [-0.3, -0.25) is 9.59 Å². The largest absolute Gasteiger partial charge is 0.497 e. The number of halogens is 1. The normalized spacial score (nSPS) is 13.2. The summed E-state index contributed by atoms with van der Waals surface area (Å²) < 4.78 is 5.29. The first-order valence-corrected chi connectivity index (χ1v) is 13.5. The van der Waals surface area contributed by atoms with Crippen LogP contribution < -0.4 is 9.64 Å². The van der Waals surface area contributed by atoms with Gasteiger partial charge in [0.15, 0.2) is 5.82 Å². The zero-order valence-corrected chi connectivity index (χ0v) is 23.0. The summed E-state index contributed by atoms with van der Waals surface area (Å²) in [5.41, 5.74) is 2.98. The van der Waals surface area contributed by atoms with Gasteiger partial charge in [-0.25, -0.2) is 0 Å². The number of anilines is 1. The van der Waals surface area contributed by atoms with Gasteiger partial charge in [-0.15, -0.1) is 10.2 Å². The maximum Gasteiger partial charge on any atom is 0.254 e. The van der Waals surface area contributed by atoms with Crippen LogP contribution in [-0.2, 0) is 11.3 Å². The number of aromatic nitrogens is 2. The molecule has 9 heteroatoms. The lowest BCUT2D eigenvalue weighted by atomic mass is 10.1. The Morgan fingerprint density at radius 3 is 2.33 bits per heavy atom. The van der Waals surface area contributed by atoms with Gasteiger partial charge in [0.2, 0.25) is 5.91 Å². The molecule has 0 unspecified atom stereocenters. The van der Waals surface area contributed by atoms with Crippen LogP contribution in [0.3, 0.4) is 0 Å². The Labute approximate surface area is 238 Å². The lowest BCUT2D eigenvalue weighted by molar-refractivity contribution is -0.132. The Kier molecular flexibility index (Phi) is 8.56. The fourth-order valence-electron chi connectivity index (χ4n) is 4.70. The van der Waals surface area contributed by atoms with Gasteiger partial charge in [0, 0.05) is 43.9 Å². The molecule has 5 rings (SSSR count). The second-order valence-electron chi connectivity index (χ2n) is 9.50. The smallest absolute Gasteiger partial charge is 0.254 e. The third kappa shape index (κ3) is 6.40. The molecule has 1 aliphatic heterocycles. The van der Waals surface area contributed by atoms with Crippen molar-refractivity contribution in [1.29, 1.82) is 0 Å². The standard InChI is InChI=1S/C31H30ClN5O3/c1-40-25-11-7-10-24(20-25)31(39)37(21-23-8-3-2-4-9-23)22-30(38)36-18-16-35(17-19-36)29-15-14-28(33-34-29)26-12-5-6-13-27(26)32/h2-15,20H,16-19,21-22H2,1H3. The van der Waals surface area contributed by atoms with Crippen LogP contribution in [0.5, 0.6) is 5.75 Å². The molecular weight excluding hydrogens is 526 g/mol. The number of carbonyl (C=O) groups excluding carboxylic acids is 2. The van der Waals surface area contributed by atoms with Crippen LogP contribution in [0.1, 0.15) is 15.9 Å². The molecule has 0 spiro atoms. The zero-order chi connectivity index (χ0) is 27.9. The molecule has 3 aromatic carbocycles. The number of nitrogens with zero attached hydrogens (tertiary/aromatic N) is 5. The highest BCUT2D eigenvalue weighted by molar-refractivity contribution is 6.33. The zero-order valence-electron chi connectivity index (χ0n) is 22.2. The Bertz CT molecular complexity index is 1460. The molecule has 2 heterocycles. The highest BCUT2D eigenvalue weighted by Gasteiger charge is 2.26. The van der Waals surface area contributed by atoms with Gasteiger partial charge in [0.05, 0.1) is 17.8 Å². The van der Waals surface area contributed by atoms with E-state index in [0.717, 1.165) is 16.9 Å². The van der Waals surface area contributed by atoms with Crippen molar-refractivity contribution in [3.8, 4) is 17.0 Å². The molecule has 4 aromatic rings. The van der Waals surface area contributed by atoms with Crippen molar-refractivity contribution in [2.24, 2.45) is 0 Å². The molecule has 1 aliphatic rings. The molecule has 0 radical (unpaired) electrons. The molecule has 0 N–H and O–H groups in total. The summed E-state index contributed by atoms with van der Waals surface area (Å²) in [4.78, 5) is 32.4. The first-order valence-electron chi connectivity index (χ1n) is 13.1. The summed E-state index contributed by atoms with van der Waals surface area (Å²) in [5, 5.41) is 9.40. The molecule has 1 saturated heterocycles. The van der Waals surface area contributed by atoms with E-state index in [2.05, 4.69) is 15.1 Å². The number of piperazine rings is 1. The van der Waals surface area contributed by atoms with E-state index in [1.54, 1.807) is 41.2 Å². The number of hydrogen-bond acceptors (Lipinski definition) is 6. The van der Waals surface area contributed by atoms with Gasteiger partial charge in [-0.2, -0.15) is 0 Å². The minimum Gasteiger partial charge on any atom is -0.497 e. The van der Waals surface area contributed by atoms with Crippen molar-refractivity contribution in [2.75, 3.05) is 44.7 Å². The molecule has 204 valence electrons. The maximum atomic E-state index is 13.5. The van der Waals surface area contributed by atoms with Crippen molar-refractivity contribution in [1.82, 2.24) is 20.0 Å². The predicted octanol–water partition coefficient (Wildman–Crippen LogP) is 4.80. The molecule has 2 amide bonds. The molecule has 0 atom stereocenters.